The number of aryl methyl sites for hydroxylation is 1. The van der Waals surface area contributed by atoms with Crippen molar-refractivity contribution in [3.63, 3.8) is 0 Å². The molecule has 0 radical (unpaired) electrons. The molecule has 0 bridgehead atoms. The minimum atomic E-state index is -0.270. The Morgan fingerprint density at radius 3 is 2.60 bits per heavy atom. The number of hydrogen-bond donors (Lipinski definition) is 1. The van der Waals surface area contributed by atoms with E-state index in [1.807, 2.05) is 0 Å². The van der Waals surface area contributed by atoms with Crippen LogP contribution >= 0.6 is 0 Å². The number of nitrogens with two attached hydrogens (primary N) is 1. The molecule has 4 heteroatoms. The highest BCUT2D eigenvalue weighted by molar-refractivity contribution is 5.61. The van der Waals surface area contributed by atoms with Crippen LogP contribution in [0.3, 0.4) is 0 Å². The van der Waals surface area contributed by atoms with E-state index in [0.717, 1.165) is 5.56 Å². The van der Waals surface area contributed by atoms with E-state index in [9.17, 15) is 4.39 Å². The van der Waals surface area contributed by atoms with Crippen LogP contribution < -0.4 is 5.73 Å². The van der Waals surface area contributed by atoms with Crippen molar-refractivity contribution < 1.29 is 8.81 Å². The first-order chi connectivity index (χ1) is 7.20. The Morgan fingerprint density at radius 2 is 2.00 bits per heavy atom. The maximum absolute atomic E-state index is 12.7. The first kappa shape index (κ1) is 9.86. The van der Waals surface area contributed by atoms with Crippen LogP contribution in [0.25, 0.3) is 11.3 Å². The summed E-state index contributed by atoms with van der Waals surface area (Å²) >= 11 is 0. The number of halogens is 1. The van der Waals surface area contributed by atoms with E-state index in [2.05, 4.69) is 4.98 Å². The summed E-state index contributed by atoms with van der Waals surface area (Å²) in [5.74, 6) is 0.919. The second-order valence-electron chi connectivity index (χ2n) is 3.22. The fourth-order valence-corrected chi connectivity index (χ4v) is 1.44. The lowest BCUT2D eigenvalue weighted by molar-refractivity contribution is 0.477. The third-order valence-electron chi connectivity index (χ3n) is 2.11. The molecular formula is C11H11FN2O. The van der Waals surface area contributed by atoms with E-state index in [1.54, 1.807) is 19.1 Å². The molecule has 2 rings (SSSR count). The third-order valence-corrected chi connectivity index (χ3v) is 2.11. The lowest BCUT2D eigenvalue weighted by atomic mass is 10.1. The topological polar surface area (TPSA) is 52.0 Å². The van der Waals surface area contributed by atoms with Gasteiger partial charge in [-0.15, -0.1) is 0 Å². The Bertz CT molecular complexity index is 462. The third kappa shape index (κ3) is 1.89. The molecule has 0 atom stereocenters. The van der Waals surface area contributed by atoms with Crippen molar-refractivity contribution in [1.29, 1.82) is 0 Å². The molecule has 1 heterocycles. The average Bonchev–Trinajstić information content (AvgIpc) is 2.61. The monoisotopic (exact) mass is 206 g/mol. The van der Waals surface area contributed by atoms with Gasteiger partial charge in [0.05, 0.1) is 6.54 Å². The molecule has 1 aromatic heterocycles. The van der Waals surface area contributed by atoms with E-state index < -0.39 is 0 Å². The van der Waals surface area contributed by atoms with Crippen LogP contribution in [-0.4, -0.2) is 4.98 Å². The molecule has 0 amide bonds. The first-order valence-electron chi connectivity index (χ1n) is 4.63. The molecule has 78 valence electrons. The molecule has 15 heavy (non-hydrogen) atoms. The van der Waals surface area contributed by atoms with Gasteiger partial charge >= 0.3 is 0 Å². The van der Waals surface area contributed by atoms with Gasteiger partial charge in [-0.25, -0.2) is 9.37 Å². The van der Waals surface area contributed by atoms with Crippen LogP contribution in [0.2, 0.25) is 0 Å². The molecule has 0 saturated carbocycles. The van der Waals surface area contributed by atoms with E-state index in [-0.39, 0.29) is 12.4 Å². The van der Waals surface area contributed by atoms with Gasteiger partial charge in [-0.2, -0.15) is 0 Å². The molecule has 0 aliphatic heterocycles. The first-order valence-corrected chi connectivity index (χ1v) is 4.63. The molecule has 0 saturated heterocycles. The zero-order valence-corrected chi connectivity index (χ0v) is 8.33. The van der Waals surface area contributed by atoms with Crippen LogP contribution in [0, 0.1) is 12.7 Å². The fourth-order valence-electron chi connectivity index (χ4n) is 1.44. The van der Waals surface area contributed by atoms with Gasteiger partial charge in [-0.05, 0) is 24.3 Å². The molecule has 0 aliphatic carbocycles. The van der Waals surface area contributed by atoms with Crippen molar-refractivity contribution in [1.82, 2.24) is 4.98 Å². The fraction of sp³-hybridized carbons (Fsp3) is 0.182. The molecule has 0 spiro atoms. The molecule has 2 N–H and O–H groups in total. The van der Waals surface area contributed by atoms with Crippen LogP contribution in [-0.2, 0) is 6.54 Å². The predicted octanol–water partition coefficient (Wildman–Crippen LogP) is 2.25. The summed E-state index contributed by atoms with van der Waals surface area (Å²) in [6, 6.07) is 6.09. The zero-order valence-electron chi connectivity index (χ0n) is 8.33. The summed E-state index contributed by atoms with van der Waals surface area (Å²) in [7, 11) is 0. The molecule has 0 fully saturated rings. The molecule has 3 nitrogen and oxygen atoms in total. The van der Waals surface area contributed by atoms with Gasteiger partial charge in [0.25, 0.3) is 0 Å². The normalized spacial score (nSPS) is 10.6. The van der Waals surface area contributed by atoms with Gasteiger partial charge in [-0.3, -0.25) is 0 Å². The zero-order chi connectivity index (χ0) is 10.8. The molecule has 1 aromatic carbocycles. The molecule has 0 aliphatic rings. The summed E-state index contributed by atoms with van der Waals surface area (Å²) in [5, 5.41) is 0. The Balaban J connectivity index is 2.48. The Hall–Kier alpha value is -1.68. The average molecular weight is 206 g/mol. The number of aromatic nitrogens is 1. The van der Waals surface area contributed by atoms with Crippen LogP contribution in [0.5, 0.6) is 0 Å². The Labute approximate surface area is 86.7 Å². The van der Waals surface area contributed by atoms with Crippen LogP contribution in [0.15, 0.2) is 28.7 Å². The Morgan fingerprint density at radius 1 is 1.33 bits per heavy atom. The highest BCUT2D eigenvalue weighted by atomic mass is 19.1. The smallest absolute Gasteiger partial charge is 0.191 e. The van der Waals surface area contributed by atoms with Crippen molar-refractivity contribution in [3.05, 3.63) is 41.7 Å². The number of benzene rings is 1. The summed E-state index contributed by atoms with van der Waals surface area (Å²) in [6.07, 6.45) is 0. The van der Waals surface area contributed by atoms with Crippen LogP contribution in [0.4, 0.5) is 4.39 Å². The minimum Gasteiger partial charge on any atom is -0.444 e. The number of rotatable bonds is 2. The Kier molecular flexibility index (Phi) is 2.51. The van der Waals surface area contributed by atoms with Gasteiger partial charge in [0.2, 0.25) is 0 Å². The van der Waals surface area contributed by atoms with E-state index >= 15 is 0 Å². The summed E-state index contributed by atoms with van der Waals surface area (Å²) in [5.41, 5.74) is 7.03. The van der Waals surface area contributed by atoms with Gasteiger partial charge in [0, 0.05) is 12.5 Å². The SMILES string of the molecule is Cc1nc(-c2ccc(F)cc2)c(CN)o1. The highest BCUT2D eigenvalue weighted by Crippen LogP contribution is 2.23. The lowest BCUT2D eigenvalue weighted by Crippen LogP contribution is -1.96. The van der Waals surface area contributed by atoms with Gasteiger partial charge in [0.1, 0.15) is 17.3 Å². The second-order valence-corrected chi connectivity index (χ2v) is 3.22. The van der Waals surface area contributed by atoms with E-state index in [0.29, 0.717) is 17.3 Å². The minimum absolute atomic E-state index is 0.270. The standard InChI is InChI=1S/C11H11FN2O/c1-7-14-11(10(6-13)15-7)8-2-4-9(12)5-3-8/h2-5H,6,13H2,1H3. The van der Waals surface area contributed by atoms with E-state index in [4.69, 9.17) is 10.2 Å². The predicted molar refractivity (Wildman–Crippen MR) is 54.5 cm³/mol. The number of nitrogens with zero attached hydrogens (tertiary/aromatic N) is 1. The van der Waals surface area contributed by atoms with Crippen molar-refractivity contribution >= 4 is 0 Å². The van der Waals surface area contributed by atoms with Crippen molar-refractivity contribution in [3.8, 4) is 11.3 Å². The number of oxazole rings is 1. The van der Waals surface area contributed by atoms with Gasteiger partial charge in [0.15, 0.2) is 5.89 Å². The lowest BCUT2D eigenvalue weighted by Gasteiger charge is -1.98. The molecular weight excluding hydrogens is 195 g/mol. The molecule has 2 aromatic rings. The largest absolute Gasteiger partial charge is 0.444 e. The number of hydrogen-bond acceptors (Lipinski definition) is 3. The maximum atomic E-state index is 12.7. The highest BCUT2D eigenvalue weighted by Gasteiger charge is 2.11. The quantitative estimate of drug-likeness (QED) is 0.819. The summed E-state index contributed by atoms with van der Waals surface area (Å²) < 4.78 is 18.0. The van der Waals surface area contributed by atoms with Crippen molar-refractivity contribution in [2.45, 2.75) is 13.5 Å². The van der Waals surface area contributed by atoms with Crippen LogP contribution in [0.1, 0.15) is 11.7 Å². The van der Waals surface area contributed by atoms with E-state index in [1.165, 1.54) is 12.1 Å². The van der Waals surface area contributed by atoms with Crippen molar-refractivity contribution in [2.75, 3.05) is 0 Å². The summed E-state index contributed by atoms with van der Waals surface area (Å²) in [4.78, 5) is 4.21. The van der Waals surface area contributed by atoms with Gasteiger partial charge < -0.3 is 10.2 Å². The molecule has 0 unspecified atom stereocenters. The second kappa shape index (κ2) is 3.82. The maximum Gasteiger partial charge on any atom is 0.191 e. The summed E-state index contributed by atoms with van der Waals surface area (Å²) in [6.45, 7) is 2.04. The van der Waals surface area contributed by atoms with Gasteiger partial charge in [-0.1, -0.05) is 0 Å². The van der Waals surface area contributed by atoms with Crippen molar-refractivity contribution in [2.24, 2.45) is 5.73 Å².